The molecule has 0 radical (unpaired) electrons. The van der Waals surface area contributed by atoms with Gasteiger partial charge in [-0.15, -0.1) is 0 Å². The molecular weight excluding hydrogens is 408 g/mol. The Bertz CT molecular complexity index is 1180. The summed E-state index contributed by atoms with van der Waals surface area (Å²) in [6, 6.07) is 12.7. The lowest BCUT2D eigenvalue weighted by Crippen LogP contribution is -2.39. The van der Waals surface area contributed by atoms with E-state index >= 15 is 0 Å². The standard InChI is InChI=1S/C25H28N2O5/c1-30-20-10-8-16-12-18(24(28)26-21(16)14-20)15-27(19-6-4-5-7-19)25(29)17-9-11-22(31-2)23(13-17)32-3/h8-14,19H,4-7,15H2,1-3H3,(H,26,28). The quantitative estimate of drug-likeness (QED) is 0.602. The van der Waals surface area contributed by atoms with E-state index < -0.39 is 0 Å². The molecule has 0 atom stereocenters. The molecule has 3 aromatic rings. The number of carbonyl (C=O) groups is 1. The summed E-state index contributed by atoms with van der Waals surface area (Å²) in [5.41, 5.74) is 1.57. The zero-order valence-electron chi connectivity index (χ0n) is 18.6. The van der Waals surface area contributed by atoms with Gasteiger partial charge in [0.15, 0.2) is 11.5 Å². The van der Waals surface area contributed by atoms with Crippen molar-refractivity contribution in [2.45, 2.75) is 38.3 Å². The zero-order chi connectivity index (χ0) is 22.7. The average molecular weight is 437 g/mol. The predicted octanol–water partition coefficient (Wildman–Crippen LogP) is 4.14. The number of methoxy groups -OCH3 is 3. The smallest absolute Gasteiger partial charge is 0.254 e. The number of hydrogen-bond donors (Lipinski definition) is 1. The molecule has 0 aliphatic heterocycles. The predicted molar refractivity (Wildman–Crippen MR) is 123 cm³/mol. The molecule has 1 aliphatic rings. The Hall–Kier alpha value is -3.48. The third kappa shape index (κ3) is 4.28. The summed E-state index contributed by atoms with van der Waals surface area (Å²) in [4.78, 5) is 31.2. The summed E-state index contributed by atoms with van der Waals surface area (Å²) in [5.74, 6) is 1.63. The molecule has 1 fully saturated rings. The Morgan fingerprint density at radius 1 is 0.969 bits per heavy atom. The van der Waals surface area contributed by atoms with E-state index in [2.05, 4.69) is 4.98 Å². The Morgan fingerprint density at radius 3 is 2.41 bits per heavy atom. The van der Waals surface area contributed by atoms with Crippen molar-refractivity contribution in [3.05, 3.63) is 63.9 Å². The van der Waals surface area contributed by atoms with E-state index in [1.54, 1.807) is 45.6 Å². The average Bonchev–Trinajstić information content (AvgIpc) is 3.36. The maximum atomic E-state index is 13.6. The van der Waals surface area contributed by atoms with Gasteiger partial charge in [-0.1, -0.05) is 12.8 Å². The lowest BCUT2D eigenvalue weighted by molar-refractivity contribution is 0.0663. The number of pyridine rings is 1. The van der Waals surface area contributed by atoms with Crippen LogP contribution in [0.25, 0.3) is 10.9 Å². The Balaban J connectivity index is 1.69. The van der Waals surface area contributed by atoms with Crippen molar-refractivity contribution in [2.75, 3.05) is 21.3 Å². The van der Waals surface area contributed by atoms with E-state index in [1.807, 2.05) is 23.1 Å². The molecule has 0 unspecified atom stereocenters. The molecule has 1 saturated carbocycles. The van der Waals surface area contributed by atoms with E-state index in [9.17, 15) is 9.59 Å². The van der Waals surface area contributed by atoms with Gasteiger partial charge in [-0.3, -0.25) is 9.59 Å². The second-order valence-corrected chi connectivity index (χ2v) is 8.02. The number of rotatable bonds is 7. The number of amides is 1. The van der Waals surface area contributed by atoms with Crippen molar-refractivity contribution in [3.63, 3.8) is 0 Å². The van der Waals surface area contributed by atoms with Crippen molar-refractivity contribution in [3.8, 4) is 17.2 Å². The summed E-state index contributed by atoms with van der Waals surface area (Å²) in [7, 11) is 4.70. The van der Waals surface area contributed by atoms with Crippen LogP contribution < -0.4 is 19.8 Å². The molecule has 0 bridgehead atoms. The van der Waals surface area contributed by atoms with Gasteiger partial charge in [-0.05, 0) is 54.6 Å². The lowest BCUT2D eigenvalue weighted by atomic mass is 10.1. The van der Waals surface area contributed by atoms with Crippen molar-refractivity contribution in [2.24, 2.45) is 0 Å². The number of aromatic nitrogens is 1. The molecule has 168 valence electrons. The fourth-order valence-corrected chi connectivity index (χ4v) is 4.37. The summed E-state index contributed by atoms with van der Waals surface area (Å²) >= 11 is 0. The number of carbonyl (C=O) groups excluding carboxylic acids is 1. The molecule has 1 N–H and O–H groups in total. The number of hydrogen-bond acceptors (Lipinski definition) is 5. The molecule has 7 heteroatoms. The highest BCUT2D eigenvalue weighted by Crippen LogP contribution is 2.31. The highest BCUT2D eigenvalue weighted by molar-refractivity contribution is 5.95. The fourth-order valence-electron chi connectivity index (χ4n) is 4.37. The number of aromatic amines is 1. The van der Waals surface area contributed by atoms with Crippen LogP contribution >= 0.6 is 0 Å². The molecule has 7 nitrogen and oxygen atoms in total. The number of fused-ring (bicyclic) bond motifs is 1. The molecule has 1 amide bonds. The minimum atomic E-state index is -0.200. The Labute approximate surface area is 186 Å². The van der Waals surface area contributed by atoms with E-state index in [1.165, 1.54) is 0 Å². The molecule has 32 heavy (non-hydrogen) atoms. The normalized spacial score (nSPS) is 13.8. The van der Waals surface area contributed by atoms with E-state index in [4.69, 9.17) is 14.2 Å². The Morgan fingerprint density at radius 2 is 1.72 bits per heavy atom. The van der Waals surface area contributed by atoms with Crippen molar-refractivity contribution >= 4 is 16.8 Å². The molecule has 1 aromatic heterocycles. The van der Waals surface area contributed by atoms with E-state index in [0.717, 1.165) is 31.1 Å². The summed E-state index contributed by atoms with van der Waals surface area (Å²) in [6.07, 6.45) is 4.02. The first-order chi connectivity index (χ1) is 15.5. The van der Waals surface area contributed by atoms with E-state index in [-0.39, 0.29) is 24.1 Å². The van der Waals surface area contributed by atoms with Crippen LogP contribution in [0, 0.1) is 0 Å². The van der Waals surface area contributed by atoms with E-state index in [0.29, 0.717) is 33.9 Å². The summed E-state index contributed by atoms with van der Waals surface area (Å²) in [6.45, 7) is 0.245. The SMILES string of the molecule is COc1ccc2cc(CN(C(=O)c3ccc(OC)c(OC)c3)C3CCCC3)c(=O)[nH]c2c1. The van der Waals surface area contributed by atoms with Crippen LogP contribution in [0.5, 0.6) is 17.2 Å². The molecule has 0 saturated heterocycles. The number of ether oxygens (including phenoxy) is 3. The fraction of sp³-hybridized carbons (Fsp3) is 0.360. The first kappa shape index (κ1) is 21.7. The van der Waals surface area contributed by atoms with Crippen LogP contribution in [0.1, 0.15) is 41.6 Å². The van der Waals surface area contributed by atoms with Crippen molar-refractivity contribution in [1.82, 2.24) is 9.88 Å². The minimum absolute atomic E-state index is 0.0987. The highest BCUT2D eigenvalue weighted by atomic mass is 16.5. The lowest BCUT2D eigenvalue weighted by Gasteiger charge is -2.29. The van der Waals surface area contributed by atoms with Gasteiger partial charge in [0.1, 0.15) is 5.75 Å². The number of benzene rings is 2. The third-order valence-electron chi connectivity index (χ3n) is 6.13. The van der Waals surface area contributed by atoms with Gasteiger partial charge in [-0.2, -0.15) is 0 Å². The van der Waals surface area contributed by atoms with Gasteiger partial charge in [0.25, 0.3) is 11.5 Å². The minimum Gasteiger partial charge on any atom is -0.497 e. The maximum Gasteiger partial charge on any atom is 0.254 e. The second kappa shape index (κ2) is 9.34. The van der Waals surface area contributed by atoms with Crippen LogP contribution in [-0.2, 0) is 6.54 Å². The van der Waals surface area contributed by atoms with Gasteiger partial charge < -0.3 is 24.1 Å². The third-order valence-corrected chi connectivity index (χ3v) is 6.13. The van der Waals surface area contributed by atoms with Crippen LogP contribution in [-0.4, -0.2) is 43.2 Å². The van der Waals surface area contributed by atoms with Gasteiger partial charge in [0.05, 0.1) is 33.4 Å². The molecule has 0 spiro atoms. The first-order valence-electron chi connectivity index (χ1n) is 10.8. The Kier molecular flexibility index (Phi) is 6.35. The topological polar surface area (TPSA) is 80.9 Å². The van der Waals surface area contributed by atoms with Crippen molar-refractivity contribution in [1.29, 1.82) is 0 Å². The largest absolute Gasteiger partial charge is 0.497 e. The van der Waals surface area contributed by atoms with Crippen LogP contribution in [0.4, 0.5) is 0 Å². The zero-order valence-corrected chi connectivity index (χ0v) is 18.6. The highest BCUT2D eigenvalue weighted by Gasteiger charge is 2.29. The monoisotopic (exact) mass is 436 g/mol. The molecule has 4 rings (SSSR count). The number of nitrogens with zero attached hydrogens (tertiary/aromatic N) is 1. The first-order valence-corrected chi connectivity index (χ1v) is 10.8. The summed E-state index contributed by atoms with van der Waals surface area (Å²) in [5, 5.41) is 0.894. The van der Waals surface area contributed by atoms with Gasteiger partial charge in [0.2, 0.25) is 0 Å². The maximum absolute atomic E-state index is 13.6. The molecule has 1 heterocycles. The van der Waals surface area contributed by atoms with Crippen LogP contribution in [0.3, 0.4) is 0 Å². The number of nitrogens with one attached hydrogen (secondary N) is 1. The van der Waals surface area contributed by atoms with Gasteiger partial charge in [-0.25, -0.2) is 0 Å². The molecular formula is C25H28N2O5. The van der Waals surface area contributed by atoms with Crippen LogP contribution in [0.15, 0.2) is 47.3 Å². The van der Waals surface area contributed by atoms with Crippen molar-refractivity contribution < 1.29 is 19.0 Å². The molecule has 1 aliphatic carbocycles. The van der Waals surface area contributed by atoms with Gasteiger partial charge >= 0.3 is 0 Å². The van der Waals surface area contributed by atoms with Crippen LogP contribution in [0.2, 0.25) is 0 Å². The second-order valence-electron chi connectivity index (χ2n) is 8.02. The van der Waals surface area contributed by atoms with Gasteiger partial charge in [0, 0.05) is 23.2 Å². The number of H-pyrrole nitrogens is 1. The molecule has 2 aromatic carbocycles. The summed E-state index contributed by atoms with van der Waals surface area (Å²) < 4.78 is 15.9.